The number of nitrogens with zero attached hydrogens (tertiary/aromatic N) is 2. The fourth-order valence-corrected chi connectivity index (χ4v) is 2.70. The van der Waals surface area contributed by atoms with Crippen LogP contribution < -0.4 is 4.74 Å². The fraction of sp³-hybridized carbons (Fsp3) is 0.200. The summed E-state index contributed by atoms with van der Waals surface area (Å²) in [5, 5.41) is 8.36. The smallest absolute Gasteiger partial charge is 0.144 e. The van der Waals surface area contributed by atoms with E-state index in [1.54, 1.807) is 21.6 Å². The minimum atomic E-state index is 0.656. The minimum absolute atomic E-state index is 0.656. The maximum atomic E-state index is 5.60. The van der Waals surface area contributed by atoms with Gasteiger partial charge in [0.1, 0.15) is 11.7 Å². The molecule has 2 aromatic rings. The van der Waals surface area contributed by atoms with Crippen LogP contribution in [0.15, 0.2) is 64.8 Å². The molecule has 0 saturated carbocycles. The summed E-state index contributed by atoms with van der Waals surface area (Å²) in [6.45, 7) is 2.13. The summed E-state index contributed by atoms with van der Waals surface area (Å²) in [6, 6.07) is 17.3. The minimum Gasteiger partial charge on any atom is -0.482 e. The van der Waals surface area contributed by atoms with Gasteiger partial charge in [-0.1, -0.05) is 46.7 Å². The maximum absolute atomic E-state index is 5.60. The summed E-state index contributed by atoms with van der Waals surface area (Å²) >= 11 is 0. The molecule has 0 amide bonds. The monoisotopic (exact) mass is 304 g/mol. The van der Waals surface area contributed by atoms with E-state index in [9.17, 15) is 0 Å². The summed E-state index contributed by atoms with van der Waals surface area (Å²) < 4.78 is 5.60. The number of ether oxygens (including phenoxy) is 1. The van der Waals surface area contributed by atoms with Gasteiger partial charge < -0.3 is 4.74 Å². The quantitative estimate of drug-likeness (QED) is 0.279. The third-order valence-corrected chi connectivity index (χ3v) is 4.46. The first kappa shape index (κ1) is 14.9. The molecule has 0 aliphatic heterocycles. The van der Waals surface area contributed by atoms with Crippen LogP contribution in [0.1, 0.15) is 6.92 Å². The molecule has 0 spiro atoms. The first-order valence-electron chi connectivity index (χ1n) is 6.32. The van der Waals surface area contributed by atoms with Gasteiger partial charge in [0.2, 0.25) is 0 Å². The molecule has 0 heterocycles. The molecule has 0 saturated heterocycles. The third kappa shape index (κ3) is 5.27. The first-order valence-corrected chi connectivity index (χ1v) is 8.81. The Bertz CT molecular complexity index is 529. The molecule has 104 valence electrons. The first-order chi connectivity index (χ1) is 9.88. The van der Waals surface area contributed by atoms with Crippen molar-refractivity contribution >= 4 is 33.0 Å². The van der Waals surface area contributed by atoms with Crippen LogP contribution in [-0.2, 0) is 0 Å². The molecule has 0 unspecified atom stereocenters. The highest BCUT2D eigenvalue weighted by atomic mass is 33.1. The van der Waals surface area contributed by atoms with E-state index in [0.717, 1.165) is 22.9 Å². The molecular weight excluding hydrogens is 288 g/mol. The molecule has 0 bridgehead atoms. The molecule has 2 aromatic carbocycles. The van der Waals surface area contributed by atoms with Crippen molar-refractivity contribution in [2.45, 2.75) is 6.92 Å². The van der Waals surface area contributed by atoms with Gasteiger partial charge in [-0.05, 0) is 36.4 Å². The van der Waals surface area contributed by atoms with Gasteiger partial charge in [0, 0.05) is 5.75 Å². The number of azo groups is 1. The second-order valence-electron chi connectivity index (χ2n) is 3.82. The average Bonchev–Trinajstić information content (AvgIpc) is 2.52. The Morgan fingerprint density at radius 1 is 0.850 bits per heavy atom. The predicted octanol–water partition coefficient (Wildman–Crippen LogP) is 5.84. The molecule has 0 aromatic heterocycles. The zero-order valence-corrected chi connectivity index (χ0v) is 12.9. The van der Waals surface area contributed by atoms with Crippen LogP contribution in [0.5, 0.6) is 5.75 Å². The van der Waals surface area contributed by atoms with Gasteiger partial charge in [0.25, 0.3) is 0 Å². The summed E-state index contributed by atoms with van der Waals surface area (Å²) in [7, 11) is 3.51. The molecule has 20 heavy (non-hydrogen) atoms. The van der Waals surface area contributed by atoms with Crippen LogP contribution in [0, 0.1) is 0 Å². The Morgan fingerprint density at radius 2 is 1.50 bits per heavy atom. The molecule has 3 nitrogen and oxygen atoms in total. The van der Waals surface area contributed by atoms with Crippen molar-refractivity contribution in [1.29, 1.82) is 0 Å². The standard InChI is InChI=1S/C15H16N2OS2/c1-2-19-20-12-18-15-10-8-14(9-11-15)17-16-13-6-4-3-5-7-13/h3-11H,2,12H2,1H3. The molecule has 0 fully saturated rings. The largest absolute Gasteiger partial charge is 0.482 e. The SMILES string of the molecule is CCSSCOc1ccc(N=Nc2ccccc2)cc1. The molecule has 0 aliphatic rings. The van der Waals surface area contributed by atoms with E-state index >= 15 is 0 Å². The van der Waals surface area contributed by atoms with Crippen molar-refractivity contribution in [3.63, 3.8) is 0 Å². The van der Waals surface area contributed by atoms with Crippen LogP contribution in [-0.4, -0.2) is 11.7 Å². The molecule has 0 N–H and O–H groups in total. The second kappa shape index (κ2) is 8.66. The highest BCUT2D eigenvalue weighted by molar-refractivity contribution is 8.76. The lowest BCUT2D eigenvalue weighted by atomic mass is 10.3. The van der Waals surface area contributed by atoms with E-state index in [2.05, 4.69) is 17.2 Å². The van der Waals surface area contributed by atoms with Gasteiger partial charge in [-0.25, -0.2) is 0 Å². The number of hydrogen-bond donors (Lipinski definition) is 0. The Balaban J connectivity index is 1.87. The molecule has 5 heteroatoms. The average molecular weight is 304 g/mol. The maximum Gasteiger partial charge on any atom is 0.144 e. The van der Waals surface area contributed by atoms with E-state index in [1.165, 1.54) is 0 Å². The Labute approximate surface area is 127 Å². The van der Waals surface area contributed by atoms with Crippen LogP contribution in [0.25, 0.3) is 0 Å². The van der Waals surface area contributed by atoms with Crippen molar-refractivity contribution in [2.75, 3.05) is 11.7 Å². The molecule has 0 atom stereocenters. The normalized spacial score (nSPS) is 10.8. The number of hydrogen-bond acceptors (Lipinski definition) is 5. The number of benzene rings is 2. The summed E-state index contributed by atoms with van der Waals surface area (Å²) in [4.78, 5) is 0. The van der Waals surface area contributed by atoms with E-state index in [4.69, 9.17) is 4.74 Å². The predicted molar refractivity (Wildman–Crippen MR) is 88.3 cm³/mol. The molecule has 0 aliphatic carbocycles. The van der Waals surface area contributed by atoms with Crippen molar-refractivity contribution in [2.24, 2.45) is 10.2 Å². The van der Waals surface area contributed by atoms with Crippen LogP contribution in [0.2, 0.25) is 0 Å². The lowest BCUT2D eigenvalue weighted by Crippen LogP contribution is -1.90. The van der Waals surface area contributed by atoms with Gasteiger partial charge in [-0.3, -0.25) is 0 Å². The van der Waals surface area contributed by atoms with Crippen molar-refractivity contribution in [1.82, 2.24) is 0 Å². The summed E-state index contributed by atoms with van der Waals surface area (Å²) in [6.07, 6.45) is 0. The van der Waals surface area contributed by atoms with Crippen molar-refractivity contribution in [3.8, 4) is 5.75 Å². The van der Waals surface area contributed by atoms with Gasteiger partial charge in [-0.2, -0.15) is 10.2 Å². The van der Waals surface area contributed by atoms with Gasteiger partial charge >= 0.3 is 0 Å². The Kier molecular flexibility index (Phi) is 6.47. The zero-order valence-electron chi connectivity index (χ0n) is 11.2. The zero-order chi connectivity index (χ0) is 14.0. The summed E-state index contributed by atoms with van der Waals surface area (Å²) in [5.41, 5.74) is 1.66. The lowest BCUT2D eigenvalue weighted by molar-refractivity contribution is 0.394. The topological polar surface area (TPSA) is 34.0 Å². The lowest BCUT2D eigenvalue weighted by Gasteiger charge is -2.04. The summed E-state index contributed by atoms with van der Waals surface area (Å²) in [5.74, 6) is 2.60. The fourth-order valence-electron chi connectivity index (χ4n) is 1.43. The van der Waals surface area contributed by atoms with Crippen LogP contribution in [0.3, 0.4) is 0 Å². The molecule has 2 rings (SSSR count). The molecule has 0 radical (unpaired) electrons. The molecular formula is C15H16N2OS2. The Morgan fingerprint density at radius 3 is 2.15 bits per heavy atom. The van der Waals surface area contributed by atoms with Crippen LogP contribution >= 0.6 is 21.6 Å². The van der Waals surface area contributed by atoms with Gasteiger partial charge in [-0.15, -0.1) is 0 Å². The Hall–Kier alpha value is -1.46. The highest BCUT2D eigenvalue weighted by Gasteiger charge is 1.95. The third-order valence-electron chi connectivity index (χ3n) is 2.35. The van der Waals surface area contributed by atoms with E-state index in [0.29, 0.717) is 5.94 Å². The van der Waals surface area contributed by atoms with Crippen molar-refractivity contribution < 1.29 is 4.74 Å². The van der Waals surface area contributed by atoms with E-state index < -0.39 is 0 Å². The van der Waals surface area contributed by atoms with E-state index in [-0.39, 0.29) is 0 Å². The van der Waals surface area contributed by atoms with E-state index in [1.807, 2.05) is 54.6 Å². The van der Waals surface area contributed by atoms with Gasteiger partial charge in [0.05, 0.1) is 11.4 Å². The van der Waals surface area contributed by atoms with Crippen LogP contribution in [0.4, 0.5) is 11.4 Å². The second-order valence-corrected chi connectivity index (χ2v) is 6.51. The van der Waals surface area contributed by atoms with Gasteiger partial charge in [0.15, 0.2) is 0 Å². The highest BCUT2D eigenvalue weighted by Crippen LogP contribution is 2.24. The number of rotatable bonds is 7. The van der Waals surface area contributed by atoms with Crippen molar-refractivity contribution in [3.05, 3.63) is 54.6 Å².